The predicted molar refractivity (Wildman–Crippen MR) is 108 cm³/mol. The molecule has 11 heteroatoms. The van der Waals surface area contributed by atoms with Crippen LogP contribution in [0.5, 0.6) is 0 Å². The number of non-ortho nitro benzene ring substituents is 1. The Hall–Kier alpha value is -3.99. The van der Waals surface area contributed by atoms with E-state index in [0.717, 1.165) is 11.8 Å². The van der Waals surface area contributed by atoms with Crippen molar-refractivity contribution in [2.24, 2.45) is 0 Å². The van der Waals surface area contributed by atoms with Gasteiger partial charge in [0.15, 0.2) is 17.2 Å². The van der Waals surface area contributed by atoms with Crippen molar-refractivity contribution in [1.82, 2.24) is 15.2 Å². The molecular weight excluding hydrogens is 410 g/mol. The molecule has 1 aromatic carbocycles. The molecule has 3 aromatic heterocycles. The highest BCUT2D eigenvalue weighted by molar-refractivity contribution is 7.99. The van der Waals surface area contributed by atoms with E-state index in [9.17, 15) is 14.9 Å². The van der Waals surface area contributed by atoms with Crippen LogP contribution in [0.1, 0.15) is 0 Å². The van der Waals surface area contributed by atoms with Gasteiger partial charge in [0.2, 0.25) is 11.1 Å². The van der Waals surface area contributed by atoms with Gasteiger partial charge >= 0.3 is 0 Å². The lowest BCUT2D eigenvalue weighted by atomic mass is 10.2. The number of furan rings is 2. The average molecular weight is 423 g/mol. The third-order valence-electron chi connectivity index (χ3n) is 3.87. The van der Waals surface area contributed by atoms with E-state index in [1.54, 1.807) is 24.3 Å². The van der Waals surface area contributed by atoms with Crippen LogP contribution in [0.15, 0.2) is 75.0 Å². The summed E-state index contributed by atoms with van der Waals surface area (Å²) in [5, 5.41) is 21.9. The van der Waals surface area contributed by atoms with Gasteiger partial charge in [-0.25, -0.2) is 4.98 Å². The fourth-order valence-corrected chi connectivity index (χ4v) is 3.12. The number of amides is 1. The van der Waals surface area contributed by atoms with Crippen molar-refractivity contribution in [1.29, 1.82) is 0 Å². The number of carbonyl (C=O) groups is 1. The Morgan fingerprint density at radius 1 is 1.00 bits per heavy atom. The molecule has 4 aromatic rings. The molecule has 0 aliphatic heterocycles. The van der Waals surface area contributed by atoms with Crippen molar-refractivity contribution in [3.8, 4) is 22.9 Å². The minimum absolute atomic E-state index is 0.0242. The van der Waals surface area contributed by atoms with E-state index in [0.29, 0.717) is 28.6 Å². The molecule has 1 N–H and O–H groups in total. The largest absolute Gasteiger partial charge is 0.463 e. The van der Waals surface area contributed by atoms with Crippen molar-refractivity contribution in [3.05, 3.63) is 71.2 Å². The van der Waals surface area contributed by atoms with E-state index in [1.165, 1.54) is 36.8 Å². The lowest BCUT2D eigenvalue weighted by molar-refractivity contribution is -0.384. The smallest absolute Gasteiger partial charge is 0.269 e. The standard InChI is InChI=1S/C19H13N5O5S/c25-16(20-12-5-7-13(8-6-12)24(26)27)11-30-19-21-17(14-3-1-9-28-14)18(22-23-19)15-4-2-10-29-15/h1-10H,11H2,(H,20,25). The maximum absolute atomic E-state index is 12.2. The number of hydrogen-bond acceptors (Lipinski definition) is 9. The number of aromatic nitrogens is 3. The molecule has 3 heterocycles. The highest BCUT2D eigenvalue weighted by Crippen LogP contribution is 2.30. The lowest BCUT2D eigenvalue weighted by Gasteiger charge is -2.06. The molecule has 0 atom stereocenters. The molecule has 4 rings (SSSR count). The highest BCUT2D eigenvalue weighted by atomic mass is 32.2. The summed E-state index contributed by atoms with van der Waals surface area (Å²) in [7, 11) is 0. The molecule has 150 valence electrons. The van der Waals surface area contributed by atoms with Crippen molar-refractivity contribution < 1.29 is 18.6 Å². The number of nitro groups is 1. The number of anilines is 1. The predicted octanol–water partition coefficient (Wildman–Crippen LogP) is 4.03. The average Bonchev–Trinajstić information content (AvgIpc) is 3.47. The zero-order valence-corrected chi connectivity index (χ0v) is 16.0. The summed E-state index contributed by atoms with van der Waals surface area (Å²) in [6, 6.07) is 12.5. The first-order chi connectivity index (χ1) is 14.6. The molecule has 30 heavy (non-hydrogen) atoms. The third-order valence-corrected chi connectivity index (χ3v) is 4.71. The maximum Gasteiger partial charge on any atom is 0.269 e. The Morgan fingerprint density at radius 2 is 1.67 bits per heavy atom. The van der Waals surface area contributed by atoms with Gasteiger partial charge in [0.1, 0.15) is 5.69 Å². The SMILES string of the molecule is O=C(CSc1nnc(-c2ccco2)c(-c2ccco2)n1)Nc1ccc([N+](=O)[O-])cc1. The van der Waals surface area contributed by atoms with Crippen molar-refractivity contribution in [2.75, 3.05) is 11.1 Å². The van der Waals surface area contributed by atoms with E-state index in [2.05, 4.69) is 20.5 Å². The van der Waals surface area contributed by atoms with Crippen LogP contribution in [0, 0.1) is 10.1 Å². The van der Waals surface area contributed by atoms with Gasteiger partial charge < -0.3 is 14.2 Å². The van der Waals surface area contributed by atoms with E-state index in [-0.39, 0.29) is 22.5 Å². The Balaban J connectivity index is 1.46. The summed E-state index contributed by atoms with van der Waals surface area (Å²) in [5.74, 6) is 0.700. The molecule has 0 saturated carbocycles. The zero-order chi connectivity index (χ0) is 20.9. The van der Waals surface area contributed by atoms with Crippen LogP contribution in [0.3, 0.4) is 0 Å². The molecule has 0 saturated heterocycles. The molecule has 0 spiro atoms. The van der Waals surface area contributed by atoms with Crippen LogP contribution in [-0.4, -0.2) is 31.8 Å². The number of nitrogens with one attached hydrogen (secondary N) is 1. The quantitative estimate of drug-likeness (QED) is 0.265. The molecule has 0 aliphatic carbocycles. The Kier molecular flexibility index (Phi) is 5.52. The van der Waals surface area contributed by atoms with E-state index < -0.39 is 4.92 Å². The Morgan fingerprint density at radius 3 is 2.27 bits per heavy atom. The summed E-state index contributed by atoms with van der Waals surface area (Å²) in [6.45, 7) is 0. The van der Waals surface area contributed by atoms with Crippen LogP contribution in [0.25, 0.3) is 22.9 Å². The van der Waals surface area contributed by atoms with E-state index in [4.69, 9.17) is 8.83 Å². The van der Waals surface area contributed by atoms with Crippen molar-refractivity contribution >= 4 is 29.0 Å². The van der Waals surface area contributed by atoms with Gasteiger partial charge in [-0.2, -0.15) is 0 Å². The molecule has 10 nitrogen and oxygen atoms in total. The monoisotopic (exact) mass is 423 g/mol. The molecule has 0 fully saturated rings. The lowest BCUT2D eigenvalue weighted by Crippen LogP contribution is -2.14. The number of nitro benzene ring substituents is 1. The van der Waals surface area contributed by atoms with Gasteiger partial charge in [-0.05, 0) is 36.4 Å². The van der Waals surface area contributed by atoms with Gasteiger partial charge in [-0.1, -0.05) is 11.8 Å². The third kappa shape index (κ3) is 4.36. The van der Waals surface area contributed by atoms with E-state index in [1.807, 2.05) is 0 Å². The van der Waals surface area contributed by atoms with Crippen LogP contribution in [0.2, 0.25) is 0 Å². The fourth-order valence-electron chi connectivity index (χ4n) is 2.53. The number of thioether (sulfide) groups is 1. The highest BCUT2D eigenvalue weighted by Gasteiger charge is 2.18. The number of carbonyl (C=O) groups excluding carboxylic acids is 1. The fraction of sp³-hybridized carbons (Fsp3) is 0.0526. The number of rotatable bonds is 7. The zero-order valence-electron chi connectivity index (χ0n) is 15.2. The Labute approximate surface area is 173 Å². The first-order valence-corrected chi connectivity index (χ1v) is 9.58. The number of benzene rings is 1. The van der Waals surface area contributed by atoms with Crippen LogP contribution < -0.4 is 5.32 Å². The molecule has 0 bridgehead atoms. The van der Waals surface area contributed by atoms with Crippen LogP contribution in [-0.2, 0) is 4.79 Å². The molecule has 1 amide bonds. The first-order valence-electron chi connectivity index (χ1n) is 8.60. The van der Waals surface area contributed by atoms with Gasteiger partial charge in [-0.15, -0.1) is 10.2 Å². The summed E-state index contributed by atoms with van der Waals surface area (Å²) < 4.78 is 10.8. The summed E-state index contributed by atoms with van der Waals surface area (Å²) >= 11 is 1.10. The van der Waals surface area contributed by atoms with Crippen LogP contribution in [0.4, 0.5) is 11.4 Å². The minimum atomic E-state index is -0.505. The van der Waals surface area contributed by atoms with Gasteiger partial charge in [-0.3, -0.25) is 14.9 Å². The summed E-state index contributed by atoms with van der Waals surface area (Å²) in [5.41, 5.74) is 1.27. The van der Waals surface area contributed by atoms with Crippen molar-refractivity contribution in [2.45, 2.75) is 5.16 Å². The second-order valence-corrected chi connectivity index (χ2v) is 6.83. The normalized spacial score (nSPS) is 10.7. The number of nitrogens with zero attached hydrogens (tertiary/aromatic N) is 4. The topological polar surface area (TPSA) is 137 Å². The van der Waals surface area contributed by atoms with Gasteiger partial charge in [0, 0.05) is 17.8 Å². The summed E-state index contributed by atoms with van der Waals surface area (Å²) in [6.07, 6.45) is 3.04. The molecule has 0 unspecified atom stereocenters. The number of hydrogen-bond donors (Lipinski definition) is 1. The van der Waals surface area contributed by atoms with Gasteiger partial charge in [0.05, 0.1) is 23.2 Å². The maximum atomic E-state index is 12.2. The van der Waals surface area contributed by atoms with Crippen molar-refractivity contribution in [3.63, 3.8) is 0 Å². The molecule has 0 aliphatic rings. The van der Waals surface area contributed by atoms with E-state index >= 15 is 0 Å². The van der Waals surface area contributed by atoms with Crippen LogP contribution >= 0.6 is 11.8 Å². The molecule has 0 radical (unpaired) electrons. The first kappa shape index (κ1) is 19.3. The Bertz CT molecular complexity index is 1160. The minimum Gasteiger partial charge on any atom is -0.463 e. The van der Waals surface area contributed by atoms with Gasteiger partial charge in [0.25, 0.3) is 5.69 Å². The second kappa shape index (κ2) is 8.57. The second-order valence-electron chi connectivity index (χ2n) is 5.89. The summed E-state index contributed by atoms with van der Waals surface area (Å²) in [4.78, 5) is 26.8. The molecular formula is C19H13N5O5S.